The number of anilines is 3. The van der Waals surface area contributed by atoms with Crippen molar-refractivity contribution in [2.45, 2.75) is 19.8 Å². The van der Waals surface area contributed by atoms with Gasteiger partial charge in [0.1, 0.15) is 17.8 Å². The second-order valence-electron chi connectivity index (χ2n) is 7.38. The molecule has 2 saturated heterocycles. The summed E-state index contributed by atoms with van der Waals surface area (Å²) in [5.41, 5.74) is 2.65. The van der Waals surface area contributed by atoms with Crippen LogP contribution in [0.15, 0.2) is 36.7 Å². The maximum absolute atomic E-state index is 12.8. The Balaban J connectivity index is 1.40. The molecule has 3 heterocycles. The van der Waals surface area contributed by atoms with Gasteiger partial charge in [0.15, 0.2) is 0 Å². The number of nitrogens with one attached hydrogen (secondary N) is 1. The maximum Gasteiger partial charge on any atom is 0.272 e. The van der Waals surface area contributed by atoms with Crippen molar-refractivity contribution in [2.75, 3.05) is 56.0 Å². The van der Waals surface area contributed by atoms with Crippen molar-refractivity contribution in [3.8, 4) is 0 Å². The van der Waals surface area contributed by atoms with Gasteiger partial charge in [0, 0.05) is 56.7 Å². The fourth-order valence-electron chi connectivity index (χ4n) is 3.85. The van der Waals surface area contributed by atoms with Crippen LogP contribution in [0.4, 0.5) is 17.2 Å². The Morgan fingerprint density at radius 1 is 1.00 bits per heavy atom. The van der Waals surface area contributed by atoms with Gasteiger partial charge in [0.2, 0.25) is 0 Å². The Kier molecular flexibility index (Phi) is 5.71. The van der Waals surface area contributed by atoms with Crippen molar-refractivity contribution in [1.82, 2.24) is 19.8 Å². The topological polar surface area (TPSA) is 64.6 Å². The molecule has 7 nitrogen and oxygen atoms in total. The van der Waals surface area contributed by atoms with Crippen LogP contribution in [0.2, 0.25) is 0 Å². The van der Waals surface area contributed by atoms with E-state index >= 15 is 0 Å². The van der Waals surface area contributed by atoms with Gasteiger partial charge in [0.25, 0.3) is 5.91 Å². The fraction of sp³-hybridized carbons (Fsp3) is 0.476. The molecular formula is C21H28N6O. The molecule has 0 spiro atoms. The molecule has 1 aromatic heterocycles. The normalized spacial score (nSPS) is 17.8. The largest absolute Gasteiger partial charge is 0.372 e. The molecule has 1 amide bonds. The lowest BCUT2D eigenvalue weighted by molar-refractivity contribution is 0.0637. The maximum atomic E-state index is 12.8. The highest BCUT2D eigenvalue weighted by molar-refractivity contribution is 5.93. The van der Waals surface area contributed by atoms with Gasteiger partial charge in [-0.3, -0.25) is 4.79 Å². The molecule has 2 aromatic rings. The van der Waals surface area contributed by atoms with Gasteiger partial charge < -0.3 is 20.0 Å². The summed E-state index contributed by atoms with van der Waals surface area (Å²) in [6, 6.07) is 10.1. The van der Waals surface area contributed by atoms with E-state index in [4.69, 9.17) is 0 Å². The first-order valence-electron chi connectivity index (χ1n) is 10.2. The predicted octanol–water partition coefficient (Wildman–Crippen LogP) is 2.60. The Morgan fingerprint density at radius 2 is 1.71 bits per heavy atom. The van der Waals surface area contributed by atoms with Crippen LogP contribution in [-0.4, -0.2) is 71.5 Å². The minimum atomic E-state index is -0.0226. The van der Waals surface area contributed by atoms with E-state index in [1.165, 1.54) is 24.9 Å². The SMILES string of the molecule is CCN1CCN(C(=O)c2cc(Nc3ccc(N4CCCC4)cc3)ncn2)CC1. The third kappa shape index (κ3) is 4.25. The van der Waals surface area contributed by atoms with Crippen molar-refractivity contribution >= 4 is 23.1 Å². The Labute approximate surface area is 166 Å². The average Bonchev–Trinajstić information content (AvgIpc) is 3.29. The molecule has 1 aromatic carbocycles. The van der Waals surface area contributed by atoms with Crippen LogP contribution in [0.3, 0.4) is 0 Å². The Morgan fingerprint density at radius 3 is 2.39 bits per heavy atom. The molecule has 1 N–H and O–H groups in total. The second kappa shape index (κ2) is 8.56. The number of nitrogens with zero attached hydrogens (tertiary/aromatic N) is 5. The van der Waals surface area contributed by atoms with Crippen molar-refractivity contribution in [1.29, 1.82) is 0 Å². The Bertz CT molecular complexity index is 795. The molecular weight excluding hydrogens is 352 g/mol. The van der Waals surface area contributed by atoms with E-state index in [1.807, 2.05) is 4.90 Å². The van der Waals surface area contributed by atoms with Crippen molar-refractivity contribution in [2.24, 2.45) is 0 Å². The van der Waals surface area contributed by atoms with Crippen LogP contribution in [0.5, 0.6) is 0 Å². The summed E-state index contributed by atoms with van der Waals surface area (Å²) in [6.45, 7) is 8.78. The van der Waals surface area contributed by atoms with Gasteiger partial charge >= 0.3 is 0 Å². The highest BCUT2D eigenvalue weighted by atomic mass is 16.2. The molecule has 0 saturated carbocycles. The van der Waals surface area contributed by atoms with E-state index in [1.54, 1.807) is 6.07 Å². The molecule has 28 heavy (non-hydrogen) atoms. The number of piperazine rings is 1. The fourth-order valence-corrected chi connectivity index (χ4v) is 3.85. The van der Waals surface area contributed by atoms with E-state index in [9.17, 15) is 4.79 Å². The molecule has 7 heteroatoms. The van der Waals surface area contributed by atoms with Crippen molar-refractivity contribution in [3.63, 3.8) is 0 Å². The number of amides is 1. The second-order valence-corrected chi connectivity index (χ2v) is 7.38. The highest BCUT2D eigenvalue weighted by Gasteiger charge is 2.22. The van der Waals surface area contributed by atoms with E-state index in [2.05, 4.69) is 56.3 Å². The summed E-state index contributed by atoms with van der Waals surface area (Å²) in [5.74, 6) is 0.616. The lowest BCUT2D eigenvalue weighted by Crippen LogP contribution is -2.48. The molecule has 0 aliphatic carbocycles. The zero-order valence-corrected chi connectivity index (χ0v) is 16.5. The number of carbonyl (C=O) groups excluding carboxylic acids is 1. The van der Waals surface area contributed by atoms with Crippen molar-refractivity contribution < 1.29 is 4.79 Å². The molecule has 0 bridgehead atoms. The summed E-state index contributed by atoms with van der Waals surface area (Å²) < 4.78 is 0. The van der Waals surface area contributed by atoms with Crippen molar-refractivity contribution in [3.05, 3.63) is 42.4 Å². The van der Waals surface area contributed by atoms with E-state index in [-0.39, 0.29) is 5.91 Å². The summed E-state index contributed by atoms with van der Waals surface area (Å²) in [4.78, 5) is 27.9. The predicted molar refractivity (Wildman–Crippen MR) is 111 cm³/mol. The monoisotopic (exact) mass is 380 g/mol. The molecule has 148 valence electrons. The molecule has 2 aliphatic rings. The number of rotatable bonds is 5. The number of aromatic nitrogens is 2. The standard InChI is InChI=1S/C21H28N6O/c1-2-25-11-13-27(14-12-25)21(28)19-15-20(23-16-22-19)24-17-5-7-18(8-6-17)26-9-3-4-10-26/h5-8,15-16H,2-4,9-14H2,1H3,(H,22,23,24). The molecule has 2 aliphatic heterocycles. The Hall–Kier alpha value is -2.67. The number of hydrogen-bond acceptors (Lipinski definition) is 6. The zero-order valence-electron chi connectivity index (χ0n) is 16.5. The average molecular weight is 380 g/mol. The van der Waals surface area contributed by atoms with Crippen LogP contribution >= 0.6 is 0 Å². The molecule has 0 unspecified atom stereocenters. The third-order valence-electron chi connectivity index (χ3n) is 5.60. The van der Waals surface area contributed by atoms with Gasteiger partial charge in [-0.25, -0.2) is 9.97 Å². The van der Waals surface area contributed by atoms with Gasteiger partial charge in [-0.1, -0.05) is 6.92 Å². The number of carbonyl (C=O) groups is 1. The summed E-state index contributed by atoms with van der Waals surface area (Å²) in [6.07, 6.45) is 3.99. The van der Waals surface area contributed by atoms with Gasteiger partial charge in [-0.05, 0) is 43.7 Å². The van der Waals surface area contributed by atoms with Crippen LogP contribution in [-0.2, 0) is 0 Å². The number of benzene rings is 1. The smallest absolute Gasteiger partial charge is 0.272 e. The first kappa shape index (κ1) is 18.7. The lowest BCUT2D eigenvalue weighted by atomic mass is 10.2. The first-order chi connectivity index (χ1) is 13.7. The van der Waals surface area contributed by atoms with Gasteiger partial charge in [-0.15, -0.1) is 0 Å². The minimum absolute atomic E-state index is 0.0226. The summed E-state index contributed by atoms with van der Waals surface area (Å²) in [5, 5.41) is 3.29. The summed E-state index contributed by atoms with van der Waals surface area (Å²) in [7, 11) is 0. The van der Waals surface area contributed by atoms with E-state index in [0.717, 1.165) is 51.5 Å². The first-order valence-corrected chi connectivity index (χ1v) is 10.2. The highest BCUT2D eigenvalue weighted by Crippen LogP contribution is 2.23. The van der Waals surface area contributed by atoms with Gasteiger partial charge in [-0.2, -0.15) is 0 Å². The van der Waals surface area contributed by atoms with E-state index < -0.39 is 0 Å². The molecule has 2 fully saturated rings. The van der Waals surface area contributed by atoms with Crippen LogP contribution in [0, 0.1) is 0 Å². The molecule has 4 rings (SSSR count). The number of likely N-dealkylation sites (N-methyl/N-ethyl adjacent to an activating group) is 1. The molecule has 0 radical (unpaired) electrons. The summed E-state index contributed by atoms with van der Waals surface area (Å²) >= 11 is 0. The quantitative estimate of drug-likeness (QED) is 0.860. The van der Waals surface area contributed by atoms with Crippen LogP contribution in [0.25, 0.3) is 0 Å². The molecule has 0 atom stereocenters. The zero-order chi connectivity index (χ0) is 19.3. The van der Waals surface area contributed by atoms with Gasteiger partial charge in [0.05, 0.1) is 0 Å². The lowest BCUT2D eigenvalue weighted by Gasteiger charge is -2.33. The van der Waals surface area contributed by atoms with Crippen LogP contribution in [0.1, 0.15) is 30.3 Å². The van der Waals surface area contributed by atoms with Crippen LogP contribution < -0.4 is 10.2 Å². The third-order valence-corrected chi connectivity index (χ3v) is 5.60. The minimum Gasteiger partial charge on any atom is -0.372 e. The van der Waals surface area contributed by atoms with E-state index in [0.29, 0.717) is 11.5 Å². The number of hydrogen-bond donors (Lipinski definition) is 1.